The fourth-order valence-electron chi connectivity index (χ4n) is 2.64. The molecule has 2 fully saturated rings. The Hall–Kier alpha value is -0.770. The summed E-state index contributed by atoms with van der Waals surface area (Å²) in [5.74, 6) is 0. The number of ether oxygens (including phenoxy) is 1. The molecule has 1 amide bonds. The van der Waals surface area contributed by atoms with Crippen LogP contribution >= 0.6 is 0 Å². The molecule has 0 aromatic rings. The predicted octanol–water partition coefficient (Wildman–Crippen LogP) is 2.14. The fraction of sp³-hybridized carbons (Fsp3) is 0.923. The standard InChI is InChI=1S/C13H24N2O2/c1-13(2,3)17-12(16)15-8-7-10-5-4-6-11(9-15)14-10/h10-11,14H,4-9H2,1-3H3/t10-,11-/m1/s1. The zero-order valence-corrected chi connectivity index (χ0v) is 11.2. The van der Waals surface area contributed by atoms with Crippen molar-refractivity contribution < 1.29 is 9.53 Å². The molecular weight excluding hydrogens is 216 g/mol. The molecule has 0 saturated carbocycles. The number of hydrogen-bond donors (Lipinski definition) is 1. The summed E-state index contributed by atoms with van der Waals surface area (Å²) >= 11 is 0. The molecule has 2 aliphatic heterocycles. The van der Waals surface area contributed by atoms with Crippen LogP contribution in [0.5, 0.6) is 0 Å². The maximum Gasteiger partial charge on any atom is 0.410 e. The summed E-state index contributed by atoms with van der Waals surface area (Å²) in [6.45, 7) is 7.37. The summed E-state index contributed by atoms with van der Waals surface area (Å²) in [4.78, 5) is 13.9. The van der Waals surface area contributed by atoms with Crippen LogP contribution in [0.1, 0.15) is 46.5 Å². The van der Waals surface area contributed by atoms with E-state index in [1.54, 1.807) is 0 Å². The Kier molecular flexibility index (Phi) is 3.61. The van der Waals surface area contributed by atoms with Gasteiger partial charge < -0.3 is 15.0 Å². The minimum Gasteiger partial charge on any atom is -0.444 e. The van der Waals surface area contributed by atoms with Crippen LogP contribution in [0.2, 0.25) is 0 Å². The quantitative estimate of drug-likeness (QED) is 0.705. The van der Waals surface area contributed by atoms with Gasteiger partial charge in [-0.25, -0.2) is 4.79 Å². The van der Waals surface area contributed by atoms with Gasteiger partial charge in [-0.3, -0.25) is 0 Å². The molecule has 2 saturated heterocycles. The summed E-state index contributed by atoms with van der Waals surface area (Å²) in [6.07, 6.45) is 4.60. The second-order valence-corrected chi connectivity index (χ2v) is 6.21. The maximum atomic E-state index is 12.0. The van der Waals surface area contributed by atoms with E-state index in [-0.39, 0.29) is 6.09 Å². The lowest BCUT2D eigenvalue weighted by Crippen LogP contribution is -2.45. The zero-order valence-electron chi connectivity index (χ0n) is 11.2. The van der Waals surface area contributed by atoms with Crippen molar-refractivity contribution in [1.82, 2.24) is 10.2 Å². The second kappa shape index (κ2) is 4.84. The molecule has 4 heteroatoms. The molecule has 2 heterocycles. The van der Waals surface area contributed by atoms with Crippen molar-refractivity contribution in [2.75, 3.05) is 13.1 Å². The van der Waals surface area contributed by atoms with Crippen LogP contribution < -0.4 is 5.32 Å². The van der Waals surface area contributed by atoms with Crippen LogP contribution in [-0.4, -0.2) is 41.8 Å². The Labute approximate surface area is 104 Å². The second-order valence-electron chi connectivity index (χ2n) is 6.21. The Morgan fingerprint density at radius 2 is 1.94 bits per heavy atom. The molecular formula is C13H24N2O2. The predicted molar refractivity (Wildman–Crippen MR) is 67.0 cm³/mol. The number of nitrogens with one attached hydrogen (secondary N) is 1. The third-order valence-electron chi connectivity index (χ3n) is 3.42. The van der Waals surface area contributed by atoms with Gasteiger partial charge in [-0.2, -0.15) is 0 Å². The van der Waals surface area contributed by atoms with Crippen molar-refractivity contribution in [2.24, 2.45) is 0 Å². The summed E-state index contributed by atoms with van der Waals surface area (Å²) in [6, 6.07) is 1.06. The number of hydrogen-bond acceptors (Lipinski definition) is 3. The van der Waals surface area contributed by atoms with Gasteiger partial charge in [0.25, 0.3) is 0 Å². The highest BCUT2D eigenvalue weighted by molar-refractivity contribution is 5.68. The monoisotopic (exact) mass is 240 g/mol. The molecule has 2 aliphatic rings. The normalized spacial score (nSPS) is 29.7. The van der Waals surface area contributed by atoms with Crippen LogP contribution in [0.3, 0.4) is 0 Å². The van der Waals surface area contributed by atoms with E-state index in [4.69, 9.17) is 4.74 Å². The van der Waals surface area contributed by atoms with Crippen molar-refractivity contribution in [1.29, 1.82) is 0 Å². The first kappa shape index (κ1) is 12.7. The number of carbonyl (C=O) groups is 1. The van der Waals surface area contributed by atoms with Crippen LogP contribution in [0, 0.1) is 0 Å². The number of amides is 1. The van der Waals surface area contributed by atoms with Gasteiger partial charge in [0.2, 0.25) is 0 Å². The number of fused-ring (bicyclic) bond motifs is 2. The van der Waals surface area contributed by atoms with Crippen LogP contribution in [-0.2, 0) is 4.74 Å². The number of rotatable bonds is 0. The van der Waals surface area contributed by atoms with Crippen molar-refractivity contribution >= 4 is 6.09 Å². The molecule has 0 aliphatic carbocycles. The SMILES string of the molecule is CC(C)(C)OC(=O)N1CC[C@H]2CCC[C@H](C1)N2. The third-order valence-corrected chi connectivity index (χ3v) is 3.42. The summed E-state index contributed by atoms with van der Waals surface area (Å²) in [5, 5.41) is 3.61. The lowest BCUT2D eigenvalue weighted by Gasteiger charge is -2.30. The van der Waals surface area contributed by atoms with Crippen LogP contribution in [0.25, 0.3) is 0 Å². The molecule has 0 radical (unpaired) electrons. The minimum absolute atomic E-state index is 0.160. The highest BCUT2D eigenvalue weighted by Crippen LogP contribution is 2.21. The fourth-order valence-corrected chi connectivity index (χ4v) is 2.64. The molecule has 98 valence electrons. The molecule has 2 bridgehead atoms. The van der Waals surface area contributed by atoms with Gasteiger partial charge in [-0.1, -0.05) is 6.42 Å². The Morgan fingerprint density at radius 3 is 2.65 bits per heavy atom. The van der Waals surface area contributed by atoms with Crippen molar-refractivity contribution in [3.8, 4) is 0 Å². The summed E-state index contributed by atoms with van der Waals surface area (Å²) < 4.78 is 5.44. The van der Waals surface area contributed by atoms with Crippen molar-refractivity contribution in [3.63, 3.8) is 0 Å². The van der Waals surface area contributed by atoms with Crippen molar-refractivity contribution in [2.45, 2.75) is 64.1 Å². The summed E-state index contributed by atoms with van der Waals surface area (Å²) in [7, 11) is 0. The highest BCUT2D eigenvalue weighted by atomic mass is 16.6. The molecule has 1 N–H and O–H groups in total. The van der Waals surface area contributed by atoms with E-state index in [0.717, 1.165) is 19.5 Å². The van der Waals surface area contributed by atoms with Gasteiger partial charge in [0.05, 0.1) is 0 Å². The Balaban J connectivity index is 1.94. The van der Waals surface area contributed by atoms with Gasteiger partial charge in [0.1, 0.15) is 5.60 Å². The number of piperidine rings is 1. The summed E-state index contributed by atoms with van der Waals surface area (Å²) in [5.41, 5.74) is -0.397. The first-order valence-electron chi connectivity index (χ1n) is 6.68. The molecule has 17 heavy (non-hydrogen) atoms. The van der Waals surface area contributed by atoms with E-state index in [9.17, 15) is 4.79 Å². The van der Waals surface area contributed by atoms with Crippen LogP contribution in [0.15, 0.2) is 0 Å². The van der Waals surface area contributed by atoms with E-state index in [1.807, 2.05) is 25.7 Å². The molecule has 0 aromatic heterocycles. The van der Waals surface area contributed by atoms with Gasteiger partial charge >= 0.3 is 6.09 Å². The zero-order chi connectivity index (χ0) is 12.5. The van der Waals surface area contributed by atoms with E-state index in [2.05, 4.69) is 5.32 Å². The maximum absolute atomic E-state index is 12.0. The molecule has 2 rings (SSSR count). The Bertz CT molecular complexity index is 286. The van der Waals surface area contributed by atoms with Gasteiger partial charge in [0.15, 0.2) is 0 Å². The first-order valence-corrected chi connectivity index (χ1v) is 6.68. The Morgan fingerprint density at radius 1 is 1.24 bits per heavy atom. The van der Waals surface area contributed by atoms with Gasteiger partial charge in [-0.05, 0) is 40.0 Å². The largest absolute Gasteiger partial charge is 0.444 e. The van der Waals surface area contributed by atoms with Gasteiger partial charge in [0, 0.05) is 25.2 Å². The smallest absolute Gasteiger partial charge is 0.410 e. The van der Waals surface area contributed by atoms with E-state index >= 15 is 0 Å². The average molecular weight is 240 g/mol. The molecule has 0 unspecified atom stereocenters. The molecule has 0 aromatic carbocycles. The average Bonchev–Trinajstić information content (AvgIpc) is 2.35. The first-order chi connectivity index (χ1) is 7.94. The molecule has 0 spiro atoms. The third kappa shape index (κ3) is 3.60. The van der Waals surface area contributed by atoms with Gasteiger partial charge in [-0.15, -0.1) is 0 Å². The molecule has 2 atom stereocenters. The van der Waals surface area contributed by atoms with Crippen molar-refractivity contribution in [3.05, 3.63) is 0 Å². The highest BCUT2D eigenvalue weighted by Gasteiger charge is 2.31. The lowest BCUT2D eigenvalue weighted by atomic mass is 9.98. The topological polar surface area (TPSA) is 41.6 Å². The molecule has 4 nitrogen and oxygen atoms in total. The number of carbonyl (C=O) groups excluding carboxylic acids is 1. The van der Waals surface area contributed by atoms with E-state index in [1.165, 1.54) is 19.3 Å². The van der Waals surface area contributed by atoms with E-state index in [0.29, 0.717) is 12.1 Å². The lowest BCUT2D eigenvalue weighted by molar-refractivity contribution is 0.0246. The van der Waals surface area contributed by atoms with E-state index < -0.39 is 5.60 Å². The minimum atomic E-state index is -0.397. The van der Waals surface area contributed by atoms with Crippen LogP contribution in [0.4, 0.5) is 4.79 Å². The number of nitrogens with zero attached hydrogens (tertiary/aromatic N) is 1.